The van der Waals surface area contributed by atoms with Gasteiger partial charge < -0.3 is 15.3 Å². The first-order valence-corrected chi connectivity index (χ1v) is 10.3. The minimum atomic E-state index is -2.48. The van der Waals surface area contributed by atoms with E-state index in [1.165, 1.54) is 15.4 Å². The predicted octanol–water partition coefficient (Wildman–Crippen LogP) is 3.45. The number of nitrogens with one attached hydrogen (secondary N) is 1. The summed E-state index contributed by atoms with van der Waals surface area (Å²) in [4.78, 5) is 30.7. The molecule has 0 spiro atoms. The molecule has 0 amide bonds. The quantitative estimate of drug-likeness (QED) is 0.588. The Morgan fingerprint density at radius 3 is 2.67 bits per heavy atom. The Kier molecular flexibility index (Phi) is 5.72. The van der Waals surface area contributed by atoms with Gasteiger partial charge in [-0.25, -0.2) is 18.6 Å². The van der Waals surface area contributed by atoms with Crippen molar-refractivity contribution >= 4 is 23.1 Å². The number of hydrogen-bond donors (Lipinski definition) is 2. The molecule has 8 nitrogen and oxygen atoms in total. The fourth-order valence-electron chi connectivity index (χ4n) is 3.99. The van der Waals surface area contributed by atoms with Crippen molar-refractivity contribution in [1.29, 1.82) is 5.26 Å². The highest BCUT2D eigenvalue weighted by molar-refractivity contribution is 5.94. The number of para-hydroxylation sites is 1. The van der Waals surface area contributed by atoms with Crippen molar-refractivity contribution in [1.82, 2.24) is 9.38 Å². The highest BCUT2D eigenvalue weighted by Crippen LogP contribution is 2.31. The van der Waals surface area contributed by atoms with E-state index in [0.29, 0.717) is 11.3 Å². The molecule has 2 N–H and O–H groups in total. The van der Waals surface area contributed by atoms with Crippen LogP contribution >= 0.6 is 0 Å². The number of fused-ring (bicyclic) bond motifs is 1. The molecule has 33 heavy (non-hydrogen) atoms. The number of rotatable bonds is 6. The number of aromatic carboxylic acids is 1. The third-order valence-corrected chi connectivity index (χ3v) is 5.74. The highest BCUT2D eigenvalue weighted by Gasteiger charge is 2.36. The van der Waals surface area contributed by atoms with Crippen LogP contribution in [0.5, 0.6) is 0 Å². The lowest BCUT2D eigenvalue weighted by molar-refractivity contribution is 0.0611. The van der Waals surface area contributed by atoms with Gasteiger partial charge >= 0.3 is 5.97 Å². The number of pyridine rings is 1. The van der Waals surface area contributed by atoms with Crippen molar-refractivity contribution in [2.24, 2.45) is 5.92 Å². The Bertz CT molecular complexity index is 1340. The van der Waals surface area contributed by atoms with Gasteiger partial charge in [0.05, 0.1) is 17.5 Å². The maximum atomic E-state index is 13.1. The van der Waals surface area contributed by atoms with Gasteiger partial charge in [-0.2, -0.15) is 5.26 Å². The lowest BCUT2D eigenvalue weighted by Crippen LogP contribution is -2.51. The van der Waals surface area contributed by atoms with Gasteiger partial charge in [0, 0.05) is 30.5 Å². The highest BCUT2D eigenvalue weighted by atomic mass is 19.3. The van der Waals surface area contributed by atoms with E-state index in [2.05, 4.69) is 10.3 Å². The molecule has 1 saturated heterocycles. The molecule has 1 aromatic carbocycles. The molecular formula is C23H21F2N5O3. The monoisotopic (exact) mass is 453 g/mol. The number of carboxylic acid groups (broad SMARTS) is 1. The molecule has 2 aromatic heterocycles. The van der Waals surface area contributed by atoms with Gasteiger partial charge in [0.15, 0.2) is 11.4 Å². The van der Waals surface area contributed by atoms with Crippen LogP contribution in [0.15, 0.2) is 41.3 Å². The number of halogens is 2. The maximum absolute atomic E-state index is 13.1. The fourth-order valence-corrected chi connectivity index (χ4v) is 3.99. The van der Waals surface area contributed by atoms with Crippen molar-refractivity contribution < 1.29 is 18.7 Å². The average Bonchev–Trinajstić information content (AvgIpc) is 2.73. The Hall–Kier alpha value is -4.00. The van der Waals surface area contributed by atoms with E-state index in [1.807, 2.05) is 12.1 Å². The summed E-state index contributed by atoms with van der Waals surface area (Å²) in [5.74, 6) is -1.83. The van der Waals surface area contributed by atoms with E-state index in [-0.39, 0.29) is 35.7 Å². The number of carbonyl (C=O) groups is 1. The van der Waals surface area contributed by atoms with Crippen LogP contribution in [0.4, 0.5) is 20.3 Å². The largest absolute Gasteiger partial charge is 0.478 e. The molecule has 0 unspecified atom stereocenters. The zero-order valence-electron chi connectivity index (χ0n) is 17.9. The molecule has 0 saturated carbocycles. The SMILES string of the molecule is Cc1cc([C@@H](C)Nc2ccccc2C(=O)O)c2nc(N3CC(C(F)F)C3)c(C#N)c(=O)n2c1. The first-order valence-electron chi connectivity index (χ1n) is 10.3. The number of aromatic nitrogens is 2. The predicted molar refractivity (Wildman–Crippen MR) is 118 cm³/mol. The maximum Gasteiger partial charge on any atom is 0.337 e. The van der Waals surface area contributed by atoms with E-state index in [1.54, 1.807) is 38.2 Å². The average molecular weight is 453 g/mol. The van der Waals surface area contributed by atoms with Crippen LogP contribution in [0.2, 0.25) is 0 Å². The number of hydrogen-bond acceptors (Lipinski definition) is 6. The van der Waals surface area contributed by atoms with Gasteiger partial charge in [-0.15, -0.1) is 0 Å². The summed E-state index contributed by atoms with van der Waals surface area (Å²) < 4.78 is 27.2. The number of anilines is 2. The molecule has 1 atom stereocenters. The van der Waals surface area contributed by atoms with Gasteiger partial charge in [-0.1, -0.05) is 12.1 Å². The first-order chi connectivity index (χ1) is 15.7. The van der Waals surface area contributed by atoms with E-state index in [9.17, 15) is 28.7 Å². The van der Waals surface area contributed by atoms with Gasteiger partial charge in [-0.05, 0) is 37.6 Å². The number of carboxylic acids is 1. The molecule has 1 aliphatic heterocycles. The van der Waals surface area contributed by atoms with Gasteiger partial charge in [0.1, 0.15) is 11.7 Å². The van der Waals surface area contributed by atoms with Gasteiger partial charge in [0.25, 0.3) is 5.56 Å². The topological polar surface area (TPSA) is 111 Å². The summed E-state index contributed by atoms with van der Waals surface area (Å²) in [5.41, 5.74) is 1.32. The third-order valence-electron chi connectivity index (χ3n) is 5.74. The smallest absolute Gasteiger partial charge is 0.337 e. The van der Waals surface area contributed by atoms with Crippen LogP contribution in [0, 0.1) is 24.2 Å². The molecular weight excluding hydrogens is 432 g/mol. The Labute approximate surface area is 187 Å². The molecule has 0 aliphatic carbocycles. The summed E-state index contributed by atoms with van der Waals surface area (Å²) >= 11 is 0. The molecule has 4 rings (SSSR count). The molecule has 170 valence electrons. The molecule has 1 aliphatic rings. The van der Waals surface area contributed by atoms with E-state index < -0.39 is 29.9 Å². The van der Waals surface area contributed by atoms with Crippen molar-refractivity contribution in [3.63, 3.8) is 0 Å². The third kappa shape index (κ3) is 3.98. The summed E-state index contributed by atoms with van der Waals surface area (Å²) in [6, 6.07) is 9.68. The molecule has 0 radical (unpaired) electrons. The summed E-state index contributed by atoms with van der Waals surface area (Å²) in [6.45, 7) is 3.61. The Balaban J connectivity index is 1.82. The lowest BCUT2D eigenvalue weighted by Gasteiger charge is -2.39. The second-order valence-electron chi connectivity index (χ2n) is 8.11. The van der Waals surface area contributed by atoms with Gasteiger partial charge in [-0.3, -0.25) is 9.20 Å². The molecule has 3 aromatic rings. The van der Waals surface area contributed by atoms with Crippen molar-refractivity contribution in [3.05, 3.63) is 69.1 Å². The zero-order chi connectivity index (χ0) is 23.9. The number of benzene rings is 1. The number of alkyl halides is 2. The van der Waals surface area contributed by atoms with Crippen LogP contribution in [-0.4, -0.2) is 40.0 Å². The number of nitrogens with zero attached hydrogens (tertiary/aromatic N) is 4. The van der Waals surface area contributed by atoms with Gasteiger partial charge in [0.2, 0.25) is 6.43 Å². The lowest BCUT2D eigenvalue weighted by atomic mass is 10.00. The Morgan fingerprint density at radius 2 is 2.03 bits per heavy atom. The molecule has 10 heteroatoms. The van der Waals surface area contributed by atoms with Crippen LogP contribution in [0.3, 0.4) is 0 Å². The number of aryl methyl sites for hydroxylation is 1. The van der Waals surface area contributed by atoms with Crippen LogP contribution in [0.25, 0.3) is 5.65 Å². The van der Waals surface area contributed by atoms with E-state index >= 15 is 0 Å². The van der Waals surface area contributed by atoms with Crippen molar-refractivity contribution in [3.8, 4) is 6.07 Å². The second kappa shape index (κ2) is 8.50. The molecule has 1 fully saturated rings. The van der Waals surface area contributed by atoms with Crippen LogP contribution < -0.4 is 15.8 Å². The molecule has 0 bridgehead atoms. The minimum Gasteiger partial charge on any atom is -0.478 e. The summed E-state index contributed by atoms with van der Waals surface area (Å²) in [5, 5.41) is 22.2. The normalized spacial score (nSPS) is 14.7. The number of nitriles is 1. The second-order valence-corrected chi connectivity index (χ2v) is 8.11. The summed E-state index contributed by atoms with van der Waals surface area (Å²) in [6.07, 6.45) is -0.917. The summed E-state index contributed by atoms with van der Waals surface area (Å²) in [7, 11) is 0. The minimum absolute atomic E-state index is 0.00987. The van der Waals surface area contributed by atoms with Crippen LogP contribution in [0.1, 0.15) is 40.0 Å². The van der Waals surface area contributed by atoms with E-state index in [4.69, 9.17) is 0 Å². The van der Waals surface area contributed by atoms with Crippen molar-refractivity contribution in [2.45, 2.75) is 26.3 Å². The Morgan fingerprint density at radius 1 is 1.33 bits per heavy atom. The molecule has 3 heterocycles. The zero-order valence-corrected chi connectivity index (χ0v) is 17.9. The fraction of sp³-hybridized carbons (Fsp3) is 0.304. The van der Waals surface area contributed by atoms with E-state index in [0.717, 1.165) is 5.56 Å². The van der Waals surface area contributed by atoms with Crippen LogP contribution in [-0.2, 0) is 0 Å². The van der Waals surface area contributed by atoms with Crippen molar-refractivity contribution in [2.75, 3.05) is 23.3 Å². The first kappa shape index (κ1) is 22.2. The standard InChI is InChI=1S/C23H21F2N5O3/c1-12-7-16(13(2)27-18-6-4-3-5-15(18)23(32)33)21-28-20(29-10-14(11-29)19(24)25)17(8-26)22(31)30(21)9-12/h3-7,9,13-14,19,27H,10-11H2,1-2H3,(H,32,33)/t13-/m1/s1.